The molecule has 7 nitrogen and oxygen atoms in total. The molecule has 0 spiro atoms. The molecule has 2 N–H and O–H groups in total. The monoisotopic (exact) mass is 488 g/mol. The molecule has 4 rings (SSSR count). The van der Waals surface area contributed by atoms with Crippen LogP contribution in [0.3, 0.4) is 0 Å². The number of nitrogens with one attached hydrogen (secondary N) is 2. The van der Waals surface area contributed by atoms with E-state index < -0.39 is 0 Å². The molecule has 11 heteroatoms. The van der Waals surface area contributed by atoms with E-state index in [2.05, 4.69) is 30.5 Å². The Morgan fingerprint density at radius 3 is 1.67 bits per heavy atom. The summed E-state index contributed by atoms with van der Waals surface area (Å²) in [6.07, 6.45) is 0. The molecular weight excluding hydrogens is 470 g/mol. The van der Waals surface area contributed by atoms with Crippen molar-refractivity contribution in [3.63, 3.8) is 0 Å². The Morgan fingerprint density at radius 2 is 1.20 bits per heavy atom. The zero-order valence-corrected chi connectivity index (χ0v) is 18.9. The van der Waals surface area contributed by atoms with Gasteiger partial charge in [-0.25, -0.2) is 0 Å². The Hall–Kier alpha value is -2.03. The van der Waals surface area contributed by atoms with Crippen LogP contribution in [0.25, 0.3) is 0 Å². The zero-order valence-electron chi connectivity index (χ0n) is 15.7. The summed E-state index contributed by atoms with van der Waals surface area (Å²) in [5.74, 6) is 1.33. The van der Waals surface area contributed by atoms with Gasteiger partial charge in [0.15, 0.2) is 0 Å². The minimum atomic E-state index is 0. The minimum absolute atomic E-state index is 0. The summed E-state index contributed by atoms with van der Waals surface area (Å²) < 4.78 is 5.43. The fourth-order valence-corrected chi connectivity index (χ4v) is 3.11. The summed E-state index contributed by atoms with van der Waals surface area (Å²) in [5, 5.41) is 7.49. The molecule has 0 aliphatic carbocycles. The maximum absolute atomic E-state index is 6.26. The topological polar surface area (TPSA) is 75.2 Å². The number of halogens is 4. The fourth-order valence-electron chi connectivity index (χ4n) is 2.75. The van der Waals surface area contributed by atoms with Crippen molar-refractivity contribution in [1.29, 1.82) is 0 Å². The van der Waals surface area contributed by atoms with Gasteiger partial charge in [-0.3, -0.25) is 0 Å². The maximum atomic E-state index is 6.26. The van der Waals surface area contributed by atoms with E-state index in [4.69, 9.17) is 27.9 Å². The van der Waals surface area contributed by atoms with Crippen LogP contribution in [-0.2, 0) is 4.74 Å². The average Bonchev–Trinajstić information content (AvgIpc) is 2.72. The Balaban J connectivity index is 0.00000160. The molecule has 0 radical (unpaired) electrons. The van der Waals surface area contributed by atoms with Crippen molar-refractivity contribution in [1.82, 2.24) is 15.0 Å². The van der Waals surface area contributed by atoms with E-state index in [1.54, 1.807) is 12.1 Å². The predicted octanol–water partition coefficient (Wildman–Crippen LogP) is 5.35. The van der Waals surface area contributed by atoms with Gasteiger partial charge in [-0.2, -0.15) is 15.0 Å². The number of anilines is 5. The number of hydrogen-bond donors (Lipinski definition) is 2. The molecule has 3 aromatic rings. The second kappa shape index (κ2) is 11.4. The summed E-state index contributed by atoms with van der Waals surface area (Å²) in [4.78, 5) is 15.7. The SMILES string of the molecule is Cl.Cl.Clc1ccccc1Nc1nc(Nc2ccccc2Cl)nc(N2CCOCC2)n1. The number of morpholine rings is 1. The highest BCUT2D eigenvalue weighted by molar-refractivity contribution is 6.33. The van der Waals surface area contributed by atoms with Gasteiger partial charge < -0.3 is 20.3 Å². The molecule has 1 saturated heterocycles. The molecule has 0 amide bonds. The molecule has 0 atom stereocenters. The normalized spacial score (nSPS) is 13.1. The number of aromatic nitrogens is 3. The lowest BCUT2D eigenvalue weighted by molar-refractivity contribution is 0.122. The minimum Gasteiger partial charge on any atom is -0.378 e. The summed E-state index contributed by atoms with van der Waals surface area (Å²) in [6, 6.07) is 14.8. The fraction of sp³-hybridized carbons (Fsp3) is 0.211. The average molecular weight is 490 g/mol. The number of nitrogens with zero attached hydrogens (tertiary/aromatic N) is 4. The van der Waals surface area contributed by atoms with Gasteiger partial charge in [-0.1, -0.05) is 47.5 Å². The molecule has 1 aromatic heterocycles. The van der Waals surface area contributed by atoms with Crippen LogP contribution in [0.2, 0.25) is 10.0 Å². The first kappa shape index (κ1) is 24.2. The predicted molar refractivity (Wildman–Crippen MR) is 127 cm³/mol. The van der Waals surface area contributed by atoms with E-state index in [1.165, 1.54) is 0 Å². The van der Waals surface area contributed by atoms with Crippen molar-refractivity contribution in [2.45, 2.75) is 0 Å². The third-order valence-electron chi connectivity index (χ3n) is 4.16. The summed E-state index contributed by atoms with van der Waals surface area (Å²) in [7, 11) is 0. The second-order valence-electron chi connectivity index (χ2n) is 6.09. The van der Waals surface area contributed by atoms with Crippen LogP contribution in [-0.4, -0.2) is 41.3 Å². The van der Waals surface area contributed by atoms with Gasteiger partial charge in [0, 0.05) is 13.1 Å². The Morgan fingerprint density at radius 1 is 0.733 bits per heavy atom. The molecule has 0 bridgehead atoms. The van der Waals surface area contributed by atoms with Crippen molar-refractivity contribution in [3.05, 3.63) is 58.6 Å². The standard InChI is InChI=1S/C19H18Cl2N6O.2ClH/c20-13-5-1-3-7-15(13)22-17-24-18(23-16-8-4-2-6-14(16)21)26-19(25-17)27-9-11-28-12-10-27;;/h1-8H,9-12H2,(H2,22,23,24,25,26);2*1H. The molecule has 0 unspecified atom stereocenters. The van der Waals surface area contributed by atoms with Crippen LogP contribution in [0.1, 0.15) is 0 Å². The highest BCUT2D eigenvalue weighted by atomic mass is 35.5. The largest absolute Gasteiger partial charge is 0.378 e. The lowest BCUT2D eigenvalue weighted by Crippen LogP contribution is -2.37. The third-order valence-corrected chi connectivity index (χ3v) is 4.82. The molecule has 2 aromatic carbocycles. The lowest BCUT2D eigenvalue weighted by atomic mass is 10.3. The first-order valence-electron chi connectivity index (χ1n) is 8.81. The van der Waals surface area contributed by atoms with Crippen molar-refractivity contribution in [3.8, 4) is 0 Å². The van der Waals surface area contributed by atoms with Crippen LogP contribution >= 0.6 is 48.0 Å². The molecule has 1 aliphatic rings. The van der Waals surface area contributed by atoms with Gasteiger partial charge in [0.1, 0.15) is 0 Å². The Bertz CT molecular complexity index is 906. The van der Waals surface area contributed by atoms with E-state index in [0.717, 1.165) is 0 Å². The van der Waals surface area contributed by atoms with Crippen molar-refractivity contribution in [2.24, 2.45) is 0 Å². The van der Waals surface area contributed by atoms with Gasteiger partial charge >= 0.3 is 0 Å². The van der Waals surface area contributed by atoms with Gasteiger partial charge in [0.05, 0.1) is 34.6 Å². The summed E-state index contributed by atoms with van der Waals surface area (Å²) in [6.45, 7) is 2.68. The number of benzene rings is 2. The number of ether oxygens (including phenoxy) is 1. The van der Waals surface area contributed by atoms with Gasteiger partial charge in [0.25, 0.3) is 0 Å². The molecule has 1 fully saturated rings. The number of rotatable bonds is 5. The summed E-state index contributed by atoms with van der Waals surface area (Å²) in [5.41, 5.74) is 1.43. The van der Waals surface area contributed by atoms with Crippen LogP contribution in [0.15, 0.2) is 48.5 Å². The first-order valence-corrected chi connectivity index (χ1v) is 9.56. The van der Waals surface area contributed by atoms with Gasteiger partial charge in [0.2, 0.25) is 17.8 Å². The molecule has 2 heterocycles. The molecule has 1 aliphatic heterocycles. The quantitative estimate of drug-likeness (QED) is 0.500. The van der Waals surface area contributed by atoms with Crippen molar-refractivity contribution >= 4 is 77.2 Å². The number of para-hydroxylation sites is 2. The Kier molecular flexibility index (Phi) is 9.20. The third kappa shape index (κ3) is 6.00. The van der Waals surface area contributed by atoms with E-state index in [-0.39, 0.29) is 24.8 Å². The van der Waals surface area contributed by atoms with Crippen molar-refractivity contribution < 1.29 is 4.74 Å². The van der Waals surface area contributed by atoms with E-state index in [9.17, 15) is 0 Å². The second-order valence-corrected chi connectivity index (χ2v) is 6.91. The molecule has 0 saturated carbocycles. The highest BCUT2D eigenvalue weighted by Crippen LogP contribution is 2.27. The molecular formula is C19H20Cl4N6O. The molecule has 160 valence electrons. The van der Waals surface area contributed by atoms with E-state index >= 15 is 0 Å². The van der Waals surface area contributed by atoms with E-state index in [1.807, 2.05) is 36.4 Å². The number of hydrogen-bond acceptors (Lipinski definition) is 7. The zero-order chi connectivity index (χ0) is 19.3. The van der Waals surface area contributed by atoms with Crippen LogP contribution in [0.5, 0.6) is 0 Å². The first-order chi connectivity index (χ1) is 13.7. The van der Waals surface area contributed by atoms with Crippen LogP contribution in [0, 0.1) is 0 Å². The summed E-state index contributed by atoms with van der Waals surface area (Å²) >= 11 is 12.5. The lowest BCUT2D eigenvalue weighted by Gasteiger charge is -2.27. The van der Waals surface area contributed by atoms with Crippen LogP contribution in [0.4, 0.5) is 29.2 Å². The highest BCUT2D eigenvalue weighted by Gasteiger charge is 2.17. The van der Waals surface area contributed by atoms with Crippen LogP contribution < -0.4 is 15.5 Å². The van der Waals surface area contributed by atoms with Gasteiger partial charge in [-0.15, -0.1) is 24.8 Å². The smallest absolute Gasteiger partial charge is 0.233 e. The van der Waals surface area contributed by atoms with E-state index in [0.29, 0.717) is 65.6 Å². The Labute approximate surface area is 197 Å². The molecule has 30 heavy (non-hydrogen) atoms. The maximum Gasteiger partial charge on any atom is 0.233 e. The van der Waals surface area contributed by atoms with Crippen molar-refractivity contribution in [2.75, 3.05) is 41.8 Å². The van der Waals surface area contributed by atoms with Gasteiger partial charge in [-0.05, 0) is 24.3 Å².